The SMILES string of the molecule is CCN1CCc2c(sc3c2C(=O)N[C@H](c2cc(I)cc(C)c2O)N3)C1. The van der Waals surface area contributed by atoms with Crippen LogP contribution in [-0.2, 0) is 13.0 Å². The van der Waals surface area contributed by atoms with E-state index < -0.39 is 6.17 Å². The molecule has 7 heteroatoms. The Morgan fingerprint density at radius 1 is 1.40 bits per heavy atom. The van der Waals surface area contributed by atoms with E-state index in [4.69, 9.17) is 0 Å². The molecule has 0 unspecified atom stereocenters. The maximum absolute atomic E-state index is 12.8. The minimum absolute atomic E-state index is 0.0443. The number of hydrogen-bond donors (Lipinski definition) is 3. The molecular formula is C18H20IN3O2S. The van der Waals surface area contributed by atoms with Gasteiger partial charge in [-0.1, -0.05) is 6.92 Å². The second-order valence-corrected chi connectivity index (χ2v) is 8.89. The Balaban J connectivity index is 1.71. The van der Waals surface area contributed by atoms with Gasteiger partial charge in [-0.05, 0) is 65.7 Å². The third kappa shape index (κ3) is 2.92. The molecule has 25 heavy (non-hydrogen) atoms. The minimum Gasteiger partial charge on any atom is -0.507 e. The number of hydrogen-bond acceptors (Lipinski definition) is 5. The molecule has 1 aromatic carbocycles. The van der Waals surface area contributed by atoms with Crippen molar-refractivity contribution in [3.05, 3.63) is 42.8 Å². The highest BCUT2D eigenvalue weighted by molar-refractivity contribution is 14.1. The van der Waals surface area contributed by atoms with Crippen LogP contribution in [0.4, 0.5) is 5.00 Å². The van der Waals surface area contributed by atoms with Crippen molar-refractivity contribution in [2.45, 2.75) is 33.0 Å². The van der Waals surface area contributed by atoms with Gasteiger partial charge < -0.3 is 15.7 Å². The number of carbonyl (C=O) groups is 1. The van der Waals surface area contributed by atoms with Gasteiger partial charge in [-0.15, -0.1) is 11.3 Å². The molecule has 2 aromatic rings. The summed E-state index contributed by atoms with van der Waals surface area (Å²) in [6.45, 7) is 6.98. The van der Waals surface area contributed by atoms with E-state index in [2.05, 4.69) is 45.0 Å². The summed E-state index contributed by atoms with van der Waals surface area (Å²) in [4.78, 5) is 16.5. The average molecular weight is 469 g/mol. The number of benzene rings is 1. The largest absolute Gasteiger partial charge is 0.507 e. The van der Waals surface area contributed by atoms with E-state index in [0.717, 1.165) is 45.8 Å². The summed E-state index contributed by atoms with van der Waals surface area (Å²) < 4.78 is 1.04. The van der Waals surface area contributed by atoms with Crippen LogP contribution in [0.3, 0.4) is 0 Å². The first-order valence-electron chi connectivity index (χ1n) is 8.41. The average Bonchev–Trinajstić information content (AvgIpc) is 2.95. The molecule has 132 valence electrons. The lowest BCUT2D eigenvalue weighted by atomic mass is 9.99. The van der Waals surface area contributed by atoms with Crippen LogP contribution in [0, 0.1) is 10.5 Å². The molecule has 2 aliphatic rings. The number of phenolic OH excluding ortho intramolecular Hbond substituents is 1. The topological polar surface area (TPSA) is 64.6 Å². The van der Waals surface area contributed by atoms with Gasteiger partial charge in [0, 0.05) is 27.1 Å². The molecule has 0 aliphatic carbocycles. The first-order valence-corrected chi connectivity index (χ1v) is 10.3. The summed E-state index contributed by atoms with van der Waals surface area (Å²) >= 11 is 3.91. The van der Waals surface area contributed by atoms with E-state index >= 15 is 0 Å². The summed E-state index contributed by atoms with van der Waals surface area (Å²) in [6.07, 6.45) is 0.512. The lowest BCUT2D eigenvalue weighted by Crippen LogP contribution is -2.39. The Labute approximate surface area is 164 Å². The highest BCUT2D eigenvalue weighted by Crippen LogP contribution is 2.42. The predicted octanol–water partition coefficient (Wildman–Crippen LogP) is 3.60. The Morgan fingerprint density at radius 3 is 2.96 bits per heavy atom. The van der Waals surface area contributed by atoms with Gasteiger partial charge in [-0.3, -0.25) is 9.69 Å². The maximum Gasteiger partial charge on any atom is 0.256 e. The van der Waals surface area contributed by atoms with Crippen LogP contribution < -0.4 is 10.6 Å². The van der Waals surface area contributed by atoms with Gasteiger partial charge in [0.25, 0.3) is 5.91 Å². The van der Waals surface area contributed by atoms with Crippen LogP contribution in [0.15, 0.2) is 12.1 Å². The van der Waals surface area contributed by atoms with Crippen molar-refractivity contribution >= 4 is 44.8 Å². The Morgan fingerprint density at radius 2 is 2.20 bits per heavy atom. The number of anilines is 1. The van der Waals surface area contributed by atoms with Gasteiger partial charge >= 0.3 is 0 Å². The van der Waals surface area contributed by atoms with E-state index in [-0.39, 0.29) is 11.7 Å². The van der Waals surface area contributed by atoms with E-state index in [0.29, 0.717) is 5.56 Å². The first-order chi connectivity index (χ1) is 12.0. The summed E-state index contributed by atoms with van der Waals surface area (Å²) in [5, 5.41) is 17.8. The molecule has 1 atom stereocenters. The maximum atomic E-state index is 12.8. The van der Waals surface area contributed by atoms with Gasteiger partial charge in [-0.25, -0.2) is 0 Å². The van der Waals surface area contributed by atoms with Crippen LogP contribution in [0.2, 0.25) is 0 Å². The standard InChI is InChI=1S/C18H20IN3O2S/c1-3-22-5-4-11-13(8-22)25-18-14(11)17(24)20-16(21-18)12-7-10(19)6-9(2)15(12)23/h6-7,16,21,23H,3-5,8H2,1-2H3,(H,20,24)/t16-/m0/s1. The van der Waals surface area contributed by atoms with Gasteiger partial charge in [0.15, 0.2) is 0 Å². The summed E-state index contributed by atoms with van der Waals surface area (Å²) in [6, 6.07) is 3.84. The highest BCUT2D eigenvalue weighted by atomic mass is 127. The van der Waals surface area contributed by atoms with E-state index in [9.17, 15) is 9.90 Å². The fourth-order valence-electron chi connectivity index (χ4n) is 3.58. The molecule has 0 radical (unpaired) electrons. The number of rotatable bonds is 2. The zero-order chi connectivity index (χ0) is 17.7. The number of fused-ring (bicyclic) bond motifs is 3. The molecule has 0 saturated carbocycles. The van der Waals surface area contributed by atoms with Crippen molar-refractivity contribution < 1.29 is 9.90 Å². The number of nitrogens with zero attached hydrogens (tertiary/aromatic N) is 1. The molecule has 1 aromatic heterocycles. The summed E-state index contributed by atoms with van der Waals surface area (Å²) in [7, 11) is 0. The summed E-state index contributed by atoms with van der Waals surface area (Å²) in [5.41, 5.74) is 3.52. The lowest BCUT2D eigenvalue weighted by molar-refractivity contribution is 0.0934. The van der Waals surface area contributed by atoms with Crippen LogP contribution >= 0.6 is 33.9 Å². The van der Waals surface area contributed by atoms with Crippen molar-refractivity contribution in [2.24, 2.45) is 0 Å². The number of nitrogens with one attached hydrogen (secondary N) is 2. The third-order valence-corrected chi connectivity index (χ3v) is 6.74. The molecule has 5 nitrogen and oxygen atoms in total. The van der Waals surface area contributed by atoms with Crippen molar-refractivity contribution in [1.82, 2.24) is 10.2 Å². The highest BCUT2D eigenvalue weighted by Gasteiger charge is 2.34. The van der Waals surface area contributed by atoms with Crippen molar-refractivity contribution in [3.63, 3.8) is 0 Å². The number of aryl methyl sites for hydroxylation is 1. The van der Waals surface area contributed by atoms with Crippen molar-refractivity contribution in [2.75, 3.05) is 18.4 Å². The van der Waals surface area contributed by atoms with Crippen molar-refractivity contribution in [1.29, 1.82) is 0 Å². The molecule has 0 fully saturated rings. The smallest absolute Gasteiger partial charge is 0.256 e. The fraction of sp³-hybridized carbons (Fsp3) is 0.389. The van der Waals surface area contributed by atoms with Crippen molar-refractivity contribution in [3.8, 4) is 5.75 Å². The normalized spacial score (nSPS) is 19.8. The number of amides is 1. The van der Waals surface area contributed by atoms with Gasteiger partial charge in [0.1, 0.15) is 16.9 Å². The van der Waals surface area contributed by atoms with Crippen LogP contribution in [0.5, 0.6) is 5.75 Å². The van der Waals surface area contributed by atoms with Gasteiger partial charge in [-0.2, -0.15) is 0 Å². The second-order valence-electron chi connectivity index (χ2n) is 6.54. The number of likely N-dealkylation sites (N-methyl/N-ethyl adjacent to an activating group) is 1. The van der Waals surface area contributed by atoms with Gasteiger partial charge in [0.2, 0.25) is 0 Å². The molecule has 3 N–H and O–H groups in total. The Bertz CT molecular complexity index is 864. The minimum atomic E-state index is -0.407. The molecule has 0 saturated heterocycles. The monoisotopic (exact) mass is 469 g/mol. The second kappa shape index (κ2) is 6.44. The molecule has 0 spiro atoms. The molecule has 4 rings (SSSR count). The Hall–Kier alpha value is -1.32. The van der Waals surface area contributed by atoms with Crippen LogP contribution in [-0.4, -0.2) is 29.0 Å². The molecular weight excluding hydrogens is 449 g/mol. The number of aromatic hydroxyl groups is 1. The molecule has 2 aliphatic heterocycles. The van der Waals surface area contributed by atoms with E-state index in [1.807, 2.05) is 19.1 Å². The molecule has 3 heterocycles. The molecule has 1 amide bonds. The van der Waals surface area contributed by atoms with Crippen LogP contribution in [0.25, 0.3) is 0 Å². The van der Waals surface area contributed by atoms with E-state index in [1.165, 1.54) is 10.4 Å². The predicted molar refractivity (Wildman–Crippen MR) is 108 cm³/mol. The van der Waals surface area contributed by atoms with Crippen LogP contribution in [0.1, 0.15) is 45.0 Å². The molecule has 0 bridgehead atoms. The zero-order valence-electron chi connectivity index (χ0n) is 14.1. The number of halogens is 1. The first kappa shape index (κ1) is 17.1. The third-order valence-electron chi connectivity index (χ3n) is 4.97. The zero-order valence-corrected chi connectivity index (χ0v) is 17.1. The lowest BCUT2D eigenvalue weighted by Gasteiger charge is -2.28. The number of thiophene rings is 1. The number of carbonyl (C=O) groups excluding carboxylic acids is 1. The summed E-state index contributed by atoms with van der Waals surface area (Å²) in [5.74, 6) is 0.192. The quantitative estimate of drug-likeness (QED) is 0.589. The van der Waals surface area contributed by atoms with Gasteiger partial charge in [0.05, 0.1) is 5.56 Å². The Kier molecular flexibility index (Phi) is 4.41. The fourth-order valence-corrected chi connectivity index (χ4v) is 5.69. The number of phenols is 1. The van der Waals surface area contributed by atoms with E-state index in [1.54, 1.807) is 11.3 Å².